The maximum atomic E-state index is 12.5. The number of aromatic nitrogens is 3. The highest BCUT2D eigenvalue weighted by Gasteiger charge is 2.20. The monoisotopic (exact) mass is 357 g/mol. The lowest BCUT2D eigenvalue weighted by Gasteiger charge is -2.19. The Bertz CT molecular complexity index is 713. The molecule has 142 valence electrons. The summed E-state index contributed by atoms with van der Waals surface area (Å²) in [6, 6.07) is 8.32. The molecular weight excluding hydrogens is 326 g/mol. The molecule has 1 heterocycles. The highest BCUT2D eigenvalue weighted by Crippen LogP contribution is 2.24. The second-order valence-electron chi connectivity index (χ2n) is 7.56. The van der Waals surface area contributed by atoms with Crippen LogP contribution in [0.2, 0.25) is 0 Å². The highest BCUT2D eigenvalue weighted by molar-refractivity contribution is 5.93. The number of hydrogen-bond donors (Lipinski definition) is 2. The Morgan fingerprint density at radius 2 is 1.85 bits per heavy atom. The Balaban J connectivity index is 2.24. The Morgan fingerprint density at radius 1 is 1.15 bits per heavy atom. The number of benzene rings is 1. The molecule has 0 aliphatic carbocycles. The van der Waals surface area contributed by atoms with Gasteiger partial charge in [0, 0.05) is 6.54 Å². The molecule has 0 aliphatic rings. The van der Waals surface area contributed by atoms with Crippen molar-refractivity contribution in [1.29, 1.82) is 0 Å². The number of rotatable bonds is 8. The fourth-order valence-electron chi connectivity index (χ4n) is 2.80. The zero-order valence-electron chi connectivity index (χ0n) is 16.6. The van der Waals surface area contributed by atoms with Gasteiger partial charge < -0.3 is 10.6 Å². The van der Waals surface area contributed by atoms with Crippen molar-refractivity contribution >= 4 is 5.91 Å². The summed E-state index contributed by atoms with van der Waals surface area (Å²) in [6.45, 7) is 10.2. The van der Waals surface area contributed by atoms with Crippen LogP contribution in [0.5, 0.6) is 0 Å². The third-order valence-electron chi connectivity index (χ3n) is 4.33. The third kappa shape index (κ3) is 4.91. The molecule has 0 bridgehead atoms. The van der Waals surface area contributed by atoms with Crippen LogP contribution >= 0.6 is 0 Å². The van der Waals surface area contributed by atoms with Crippen LogP contribution in [0, 0.1) is 0 Å². The lowest BCUT2D eigenvalue weighted by Crippen LogP contribution is -2.28. The zero-order chi connectivity index (χ0) is 19.2. The standard InChI is InChI=1S/C20H31N5O/c1-6-8-17-18(19(26)22-14-7-13-21-5)23-24-25(17)16-11-9-15(10-12-16)20(2,3)4/h9-12,21H,6-8,13-14H2,1-5H3,(H,22,26). The summed E-state index contributed by atoms with van der Waals surface area (Å²) < 4.78 is 1.79. The first kappa shape index (κ1) is 20.1. The molecule has 1 aromatic carbocycles. The molecule has 1 amide bonds. The molecular formula is C20H31N5O. The van der Waals surface area contributed by atoms with E-state index in [2.05, 4.69) is 60.8 Å². The van der Waals surface area contributed by atoms with Gasteiger partial charge in [-0.05, 0) is 49.5 Å². The van der Waals surface area contributed by atoms with Crippen LogP contribution in [-0.4, -0.2) is 41.0 Å². The molecule has 0 radical (unpaired) electrons. The van der Waals surface area contributed by atoms with Crippen LogP contribution in [0.15, 0.2) is 24.3 Å². The molecule has 2 aromatic rings. The zero-order valence-corrected chi connectivity index (χ0v) is 16.6. The molecule has 6 nitrogen and oxygen atoms in total. The summed E-state index contributed by atoms with van der Waals surface area (Å²) in [5, 5.41) is 14.4. The number of carbonyl (C=O) groups excluding carboxylic acids is 1. The second kappa shape index (κ2) is 8.94. The number of carbonyl (C=O) groups is 1. The van der Waals surface area contributed by atoms with E-state index in [1.807, 2.05) is 19.2 Å². The van der Waals surface area contributed by atoms with Crippen LogP contribution < -0.4 is 10.6 Å². The van der Waals surface area contributed by atoms with Gasteiger partial charge in [0.05, 0.1) is 11.4 Å². The van der Waals surface area contributed by atoms with Crippen LogP contribution in [0.4, 0.5) is 0 Å². The van der Waals surface area contributed by atoms with E-state index in [0.29, 0.717) is 12.2 Å². The molecule has 0 saturated heterocycles. The molecule has 6 heteroatoms. The van der Waals surface area contributed by atoms with E-state index < -0.39 is 0 Å². The van der Waals surface area contributed by atoms with Gasteiger partial charge in [-0.1, -0.05) is 51.5 Å². The number of hydrogen-bond acceptors (Lipinski definition) is 4. The van der Waals surface area contributed by atoms with Crippen molar-refractivity contribution < 1.29 is 4.79 Å². The van der Waals surface area contributed by atoms with Gasteiger partial charge in [0.2, 0.25) is 0 Å². The second-order valence-corrected chi connectivity index (χ2v) is 7.56. The normalized spacial score (nSPS) is 11.6. The minimum absolute atomic E-state index is 0.103. The lowest BCUT2D eigenvalue weighted by atomic mass is 9.87. The summed E-state index contributed by atoms with van der Waals surface area (Å²) >= 11 is 0. The average molecular weight is 358 g/mol. The van der Waals surface area contributed by atoms with E-state index in [9.17, 15) is 4.79 Å². The molecule has 0 saturated carbocycles. The maximum absolute atomic E-state index is 12.5. The van der Waals surface area contributed by atoms with Gasteiger partial charge in [-0.15, -0.1) is 5.10 Å². The van der Waals surface area contributed by atoms with Crippen molar-refractivity contribution in [3.8, 4) is 5.69 Å². The van der Waals surface area contributed by atoms with Crippen LogP contribution in [0.25, 0.3) is 5.69 Å². The molecule has 0 fully saturated rings. The number of amides is 1. The van der Waals surface area contributed by atoms with E-state index in [4.69, 9.17) is 0 Å². The fraction of sp³-hybridized carbons (Fsp3) is 0.550. The van der Waals surface area contributed by atoms with E-state index in [1.54, 1.807) is 4.68 Å². The van der Waals surface area contributed by atoms with Gasteiger partial charge in [-0.2, -0.15) is 0 Å². The molecule has 2 rings (SSSR count). The van der Waals surface area contributed by atoms with Gasteiger partial charge in [-0.25, -0.2) is 4.68 Å². The molecule has 1 aromatic heterocycles. The first-order chi connectivity index (χ1) is 12.4. The lowest BCUT2D eigenvalue weighted by molar-refractivity contribution is 0.0947. The SMILES string of the molecule is CCCc1c(C(=O)NCCCNC)nnn1-c1ccc(C(C)(C)C)cc1. The van der Waals surface area contributed by atoms with Gasteiger partial charge in [0.25, 0.3) is 5.91 Å². The summed E-state index contributed by atoms with van der Waals surface area (Å²) in [4.78, 5) is 12.5. The van der Waals surface area contributed by atoms with Crippen molar-refractivity contribution in [2.24, 2.45) is 0 Å². The summed E-state index contributed by atoms with van der Waals surface area (Å²) in [7, 11) is 1.90. The summed E-state index contributed by atoms with van der Waals surface area (Å²) in [5.74, 6) is -0.151. The Hall–Kier alpha value is -2.21. The van der Waals surface area contributed by atoms with Crippen molar-refractivity contribution in [1.82, 2.24) is 25.6 Å². The summed E-state index contributed by atoms with van der Waals surface area (Å²) in [5.41, 5.74) is 3.59. The molecule has 26 heavy (non-hydrogen) atoms. The molecule has 0 atom stereocenters. The third-order valence-corrected chi connectivity index (χ3v) is 4.33. The maximum Gasteiger partial charge on any atom is 0.273 e. The Kier molecular flexibility index (Phi) is 6.91. The predicted molar refractivity (Wildman–Crippen MR) is 105 cm³/mol. The highest BCUT2D eigenvalue weighted by atomic mass is 16.2. The van der Waals surface area contributed by atoms with Crippen molar-refractivity contribution in [3.05, 3.63) is 41.2 Å². The number of nitrogens with one attached hydrogen (secondary N) is 2. The van der Waals surface area contributed by atoms with Gasteiger partial charge in [0.1, 0.15) is 0 Å². The average Bonchev–Trinajstić information content (AvgIpc) is 3.02. The minimum Gasteiger partial charge on any atom is -0.351 e. The van der Waals surface area contributed by atoms with E-state index in [-0.39, 0.29) is 11.3 Å². The quantitative estimate of drug-likeness (QED) is 0.713. The number of nitrogens with zero attached hydrogens (tertiary/aromatic N) is 3. The predicted octanol–water partition coefficient (Wildman–Crippen LogP) is 2.86. The molecule has 0 aliphatic heterocycles. The topological polar surface area (TPSA) is 71.8 Å². The summed E-state index contributed by atoms with van der Waals surface area (Å²) in [6.07, 6.45) is 2.56. The van der Waals surface area contributed by atoms with Crippen LogP contribution in [0.1, 0.15) is 62.3 Å². The van der Waals surface area contributed by atoms with Gasteiger partial charge in [0.15, 0.2) is 5.69 Å². The largest absolute Gasteiger partial charge is 0.351 e. The Morgan fingerprint density at radius 3 is 2.42 bits per heavy atom. The minimum atomic E-state index is -0.151. The van der Waals surface area contributed by atoms with E-state index in [0.717, 1.165) is 37.2 Å². The van der Waals surface area contributed by atoms with E-state index >= 15 is 0 Å². The first-order valence-electron chi connectivity index (χ1n) is 9.36. The van der Waals surface area contributed by atoms with Crippen LogP contribution in [-0.2, 0) is 11.8 Å². The smallest absolute Gasteiger partial charge is 0.273 e. The van der Waals surface area contributed by atoms with Crippen molar-refractivity contribution in [3.63, 3.8) is 0 Å². The molecule has 0 spiro atoms. The van der Waals surface area contributed by atoms with Gasteiger partial charge in [-0.3, -0.25) is 4.79 Å². The molecule has 0 unspecified atom stereocenters. The van der Waals surface area contributed by atoms with Crippen LogP contribution in [0.3, 0.4) is 0 Å². The molecule has 2 N–H and O–H groups in total. The first-order valence-corrected chi connectivity index (χ1v) is 9.36. The van der Waals surface area contributed by atoms with Crippen molar-refractivity contribution in [2.75, 3.05) is 20.1 Å². The van der Waals surface area contributed by atoms with Crippen molar-refractivity contribution in [2.45, 2.75) is 52.4 Å². The fourth-order valence-corrected chi connectivity index (χ4v) is 2.80. The van der Waals surface area contributed by atoms with Gasteiger partial charge >= 0.3 is 0 Å². The Labute approximate surface area is 156 Å². The van der Waals surface area contributed by atoms with E-state index in [1.165, 1.54) is 5.56 Å².